The number of thiazole rings is 1. The van der Waals surface area contributed by atoms with E-state index in [1.165, 1.54) is 11.3 Å². The summed E-state index contributed by atoms with van der Waals surface area (Å²) in [5.74, 6) is 0.319. The number of nitrogens with zero attached hydrogens (tertiary/aromatic N) is 4. The SMILES string of the molecule is COc1cccc([C@H]2C(C(=O)Nc3ccccc3)=C(C)N=c3s/c(=C/c4cc(C)n(-c5cccnc5)c4C)c(=O)n32)c1. The molecule has 0 radical (unpaired) electrons. The number of carbonyl (C=O) groups excluding carboxylic acids is 1. The van der Waals surface area contributed by atoms with Crippen molar-refractivity contribution >= 4 is 29.0 Å². The summed E-state index contributed by atoms with van der Waals surface area (Å²) in [5.41, 5.74) is 6.07. The van der Waals surface area contributed by atoms with E-state index < -0.39 is 6.04 Å². The van der Waals surface area contributed by atoms with Gasteiger partial charge in [-0.15, -0.1) is 0 Å². The Labute approximate surface area is 246 Å². The van der Waals surface area contributed by atoms with Crippen LogP contribution in [0.25, 0.3) is 11.8 Å². The molecular formula is C33H29N5O3S. The number of carbonyl (C=O) groups is 1. The number of nitrogens with one attached hydrogen (secondary N) is 1. The predicted molar refractivity (Wildman–Crippen MR) is 165 cm³/mol. The summed E-state index contributed by atoms with van der Waals surface area (Å²) < 4.78 is 9.76. The van der Waals surface area contributed by atoms with Gasteiger partial charge in [0.25, 0.3) is 11.5 Å². The van der Waals surface area contributed by atoms with E-state index in [-0.39, 0.29) is 11.5 Å². The summed E-state index contributed by atoms with van der Waals surface area (Å²) in [4.78, 5) is 37.5. The smallest absolute Gasteiger partial charge is 0.271 e. The number of ether oxygens (including phenoxy) is 1. The molecule has 1 amide bonds. The number of pyridine rings is 1. The van der Waals surface area contributed by atoms with Crippen molar-refractivity contribution in [2.24, 2.45) is 4.99 Å². The number of benzene rings is 2. The largest absolute Gasteiger partial charge is 0.497 e. The lowest BCUT2D eigenvalue weighted by molar-refractivity contribution is -0.113. The van der Waals surface area contributed by atoms with Crippen molar-refractivity contribution in [3.8, 4) is 11.4 Å². The van der Waals surface area contributed by atoms with Crippen LogP contribution in [0.1, 0.15) is 35.5 Å². The monoisotopic (exact) mass is 575 g/mol. The molecule has 1 aliphatic rings. The maximum atomic E-state index is 14.1. The third-order valence-corrected chi connectivity index (χ3v) is 8.35. The Balaban J connectivity index is 1.51. The van der Waals surface area contributed by atoms with Crippen LogP contribution in [-0.2, 0) is 4.79 Å². The first kappa shape index (κ1) is 27.2. The molecule has 0 saturated carbocycles. The molecule has 0 saturated heterocycles. The number of para-hydroxylation sites is 1. The second-order valence-corrected chi connectivity index (χ2v) is 11.1. The second-order valence-electron chi connectivity index (χ2n) is 10.1. The van der Waals surface area contributed by atoms with Gasteiger partial charge in [-0.2, -0.15) is 0 Å². The Morgan fingerprint density at radius 1 is 1.02 bits per heavy atom. The molecule has 0 aliphatic carbocycles. The lowest BCUT2D eigenvalue weighted by Crippen LogP contribution is -2.40. The zero-order valence-corrected chi connectivity index (χ0v) is 24.5. The van der Waals surface area contributed by atoms with Crippen LogP contribution in [-0.4, -0.2) is 27.1 Å². The molecule has 6 rings (SSSR count). The molecule has 0 fully saturated rings. The van der Waals surface area contributed by atoms with E-state index >= 15 is 0 Å². The second kappa shape index (κ2) is 11.1. The van der Waals surface area contributed by atoms with E-state index in [1.807, 2.05) is 99.8 Å². The van der Waals surface area contributed by atoms with Gasteiger partial charge in [0.1, 0.15) is 5.75 Å². The van der Waals surface area contributed by atoms with Gasteiger partial charge in [-0.1, -0.05) is 41.7 Å². The number of hydrogen-bond donors (Lipinski definition) is 1. The highest BCUT2D eigenvalue weighted by Crippen LogP contribution is 2.32. The van der Waals surface area contributed by atoms with Gasteiger partial charge in [-0.25, -0.2) is 4.99 Å². The number of rotatable bonds is 6. The molecule has 0 unspecified atom stereocenters. The average Bonchev–Trinajstić information content (AvgIpc) is 3.46. The maximum absolute atomic E-state index is 14.1. The molecule has 8 nitrogen and oxygen atoms in total. The minimum Gasteiger partial charge on any atom is -0.497 e. The van der Waals surface area contributed by atoms with Gasteiger partial charge < -0.3 is 14.6 Å². The number of methoxy groups -OCH3 is 1. The molecule has 1 atom stereocenters. The van der Waals surface area contributed by atoms with Gasteiger partial charge in [0, 0.05) is 23.3 Å². The highest BCUT2D eigenvalue weighted by Gasteiger charge is 2.33. The summed E-state index contributed by atoms with van der Waals surface area (Å²) in [6, 6.07) is 22.0. The van der Waals surface area contributed by atoms with Crippen molar-refractivity contribution in [3.05, 3.63) is 139 Å². The molecule has 4 heterocycles. The van der Waals surface area contributed by atoms with E-state index in [4.69, 9.17) is 9.73 Å². The van der Waals surface area contributed by atoms with Crippen molar-refractivity contribution in [1.82, 2.24) is 14.1 Å². The third-order valence-electron chi connectivity index (χ3n) is 7.37. The van der Waals surface area contributed by atoms with Crippen LogP contribution in [0.4, 0.5) is 5.69 Å². The molecule has 5 aromatic rings. The number of anilines is 1. The Morgan fingerprint density at radius 3 is 2.57 bits per heavy atom. The highest BCUT2D eigenvalue weighted by molar-refractivity contribution is 7.07. The van der Waals surface area contributed by atoms with Gasteiger partial charge in [0.05, 0.1) is 40.8 Å². The molecule has 0 bridgehead atoms. The zero-order chi connectivity index (χ0) is 29.4. The number of fused-ring (bicyclic) bond motifs is 1. The third kappa shape index (κ3) is 4.88. The fraction of sp³-hybridized carbons (Fsp3) is 0.152. The van der Waals surface area contributed by atoms with E-state index in [0.29, 0.717) is 32.0 Å². The van der Waals surface area contributed by atoms with Gasteiger partial charge >= 0.3 is 0 Å². The van der Waals surface area contributed by atoms with Gasteiger partial charge in [-0.3, -0.25) is 19.1 Å². The summed E-state index contributed by atoms with van der Waals surface area (Å²) in [6.45, 7) is 5.87. The Hall–Kier alpha value is -5.02. The van der Waals surface area contributed by atoms with Crippen LogP contribution >= 0.6 is 11.3 Å². The molecule has 0 spiro atoms. The first-order chi connectivity index (χ1) is 20.4. The maximum Gasteiger partial charge on any atom is 0.271 e. The van der Waals surface area contributed by atoms with Crippen LogP contribution in [0.2, 0.25) is 0 Å². The normalized spacial score (nSPS) is 14.9. The predicted octanol–water partition coefficient (Wildman–Crippen LogP) is 4.69. The van der Waals surface area contributed by atoms with Crippen LogP contribution in [0.3, 0.4) is 0 Å². The standard InChI is InChI=1S/C33H29N5O3S/c1-20-16-24(22(3)37(20)26-13-9-15-34-19-26)18-28-32(40)38-30(23-10-8-14-27(17-23)41-4)29(21(2)35-33(38)42-28)31(39)36-25-11-6-5-7-12-25/h5-19,30H,1-4H3,(H,36,39)/b28-18+/t30-/m0/s1. The van der Waals surface area contributed by atoms with E-state index in [2.05, 4.69) is 20.9 Å². The Bertz CT molecular complexity index is 2020. The molecule has 3 aromatic heterocycles. The molecule has 9 heteroatoms. The van der Waals surface area contributed by atoms with Crippen LogP contribution in [0, 0.1) is 13.8 Å². The van der Waals surface area contributed by atoms with Crippen molar-refractivity contribution in [3.63, 3.8) is 0 Å². The Morgan fingerprint density at radius 2 is 1.83 bits per heavy atom. The van der Waals surface area contributed by atoms with Gasteiger partial charge in [0.15, 0.2) is 4.80 Å². The zero-order valence-electron chi connectivity index (χ0n) is 23.7. The molecule has 2 aromatic carbocycles. The van der Waals surface area contributed by atoms with E-state index in [0.717, 1.165) is 28.2 Å². The van der Waals surface area contributed by atoms with E-state index in [1.54, 1.807) is 17.9 Å². The number of aryl methyl sites for hydroxylation is 1. The molecular weight excluding hydrogens is 546 g/mol. The van der Waals surface area contributed by atoms with Crippen molar-refractivity contribution in [2.45, 2.75) is 26.8 Å². The summed E-state index contributed by atoms with van der Waals surface area (Å²) in [6.07, 6.45) is 5.47. The number of amides is 1. The van der Waals surface area contributed by atoms with Crippen LogP contribution in [0.15, 0.2) is 106 Å². The quantitative estimate of drug-likeness (QED) is 0.318. The first-order valence-corrected chi connectivity index (χ1v) is 14.3. The van der Waals surface area contributed by atoms with Crippen molar-refractivity contribution < 1.29 is 9.53 Å². The molecule has 1 aliphatic heterocycles. The number of allylic oxidation sites excluding steroid dienone is 1. The number of aromatic nitrogens is 3. The van der Waals surface area contributed by atoms with Crippen molar-refractivity contribution in [2.75, 3.05) is 12.4 Å². The van der Waals surface area contributed by atoms with Crippen molar-refractivity contribution in [1.29, 1.82) is 0 Å². The Kier molecular flexibility index (Phi) is 7.18. The van der Waals surface area contributed by atoms with Crippen LogP contribution in [0.5, 0.6) is 5.75 Å². The van der Waals surface area contributed by atoms with Gasteiger partial charge in [-0.05, 0) is 80.4 Å². The fourth-order valence-corrected chi connectivity index (χ4v) is 6.45. The fourth-order valence-electron chi connectivity index (χ4n) is 5.42. The van der Waals surface area contributed by atoms with Crippen LogP contribution < -0.4 is 24.9 Å². The summed E-state index contributed by atoms with van der Waals surface area (Å²) in [7, 11) is 1.59. The number of hydrogen-bond acceptors (Lipinski definition) is 6. The minimum absolute atomic E-state index is 0.213. The van der Waals surface area contributed by atoms with Gasteiger partial charge in [0.2, 0.25) is 0 Å². The lowest BCUT2D eigenvalue weighted by atomic mass is 9.95. The minimum atomic E-state index is -0.690. The highest BCUT2D eigenvalue weighted by atomic mass is 32.1. The summed E-state index contributed by atoms with van der Waals surface area (Å²) in [5, 5.41) is 2.98. The topological polar surface area (TPSA) is 90.5 Å². The lowest BCUT2D eigenvalue weighted by Gasteiger charge is -2.25. The first-order valence-electron chi connectivity index (χ1n) is 13.5. The molecule has 210 valence electrons. The van der Waals surface area contributed by atoms with E-state index in [9.17, 15) is 9.59 Å². The molecule has 42 heavy (non-hydrogen) atoms. The summed E-state index contributed by atoms with van der Waals surface area (Å²) >= 11 is 1.32. The average molecular weight is 576 g/mol. The molecule has 1 N–H and O–H groups in total.